The molecule has 1 aliphatic heterocycles. The van der Waals surface area contributed by atoms with Crippen LogP contribution < -0.4 is 10.5 Å². The third-order valence-electron chi connectivity index (χ3n) is 3.01. The molecule has 0 bridgehead atoms. The monoisotopic (exact) mass is 313 g/mol. The van der Waals surface area contributed by atoms with Gasteiger partial charge in [-0.1, -0.05) is 15.9 Å². The second kappa shape index (κ2) is 6.55. The van der Waals surface area contributed by atoms with E-state index in [-0.39, 0.29) is 12.1 Å². The zero-order valence-corrected chi connectivity index (χ0v) is 12.3. The average molecular weight is 314 g/mol. The highest BCUT2D eigenvalue weighted by Crippen LogP contribution is 2.25. The minimum atomic E-state index is 0.129. The number of ether oxygens (including phenoxy) is 2. The molecule has 2 rings (SSSR count). The molecule has 2 N–H and O–H groups in total. The van der Waals surface area contributed by atoms with Gasteiger partial charge < -0.3 is 15.2 Å². The molecule has 2 unspecified atom stereocenters. The van der Waals surface area contributed by atoms with Crippen molar-refractivity contribution in [3.05, 3.63) is 28.2 Å². The van der Waals surface area contributed by atoms with E-state index in [1.165, 1.54) is 0 Å². The first kappa shape index (κ1) is 13.8. The van der Waals surface area contributed by atoms with Crippen molar-refractivity contribution in [3.8, 4) is 5.75 Å². The van der Waals surface area contributed by atoms with Crippen LogP contribution in [-0.2, 0) is 11.2 Å². The van der Waals surface area contributed by atoms with Crippen molar-refractivity contribution in [3.63, 3.8) is 0 Å². The SMILES string of the molecule is CC(N)Cc1cc(Br)ccc1OCC1CCCO1. The van der Waals surface area contributed by atoms with Crippen LogP contribution in [-0.4, -0.2) is 25.4 Å². The summed E-state index contributed by atoms with van der Waals surface area (Å²) >= 11 is 3.48. The van der Waals surface area contributed by atoms with Gasteiger partial charge in [-0.3, -0.25) is 0 Å². The number of hydrogen-bond acceptors (Lipinski definition) is 3. The van der Waals surface area contributed by atoms with Gasteiger partial charge in [-0.25, -0.2) is 0 Å². The molecule has 1 saturated heterocycles. The molecule has 0 spiro atoms. The minimum absolute atomic E-state index is 0.129. The van der Waals surface area contributed by atoms with E-state index >= 15 is 0 Å². The Morgan fingerprint density at radius 1 is 1.56 bits per heavy atom. The predicted octanol–water partition coefficient (Wildman–Crippen LogP) is 2.90. The van der Waals surface area contributed by atoms with Crippen LogP contribution in [0.1, 0.15) is 25.3 Å². The first-order valence-electron chi connectivity index (χ1n) is 6.43. The highest BCUT2D eigenvalue weighted by atomic mass is 79.9. The molecular formula is C14H20BrNO2. The normalized spacial score (nSPS) is 20.9. The molecule has 1 aromatic rings. The Morgan fingerprint density at radius 2 is 2.39 bits per heavy atom. The van der Waals surface area contributed by atoms with E-state index in [9.17, 15) is 0 Å². The zero-order valence-electron chi connectivity index (χ0n) is 10.7. The lowest BCUT2D eigenvalue weighted by molar-refractivity contribution is 0.0676. The molecule has 0 aromatic heterocycles. The first-order valence-corrected chi connectivity index (χ1v) is 7.23. The second-order valence-corrected chi connectivity index (χ2v) is 5.80. The Labute approximate surface area is 117 Å². The molecule has 1 aromatic carbocycles. The van der Waals surface area contributed by atoms with E-state index in [4.69, 9.17) is 15.2 Å². The van der Waals surface area contributed by atoms with Crippen molar-refractivity contribution in [1.82, 2.24) is 0 Å². The van der Waals surface area contributed by atoms with Crippen molar-refractivity contribution >= 4 is 15.9 Å². The minimum Gasteiger partial charge on any atom is -0.491 e. The molecule has 0 aliphatic carbocycles. The fourth-order valence-electron chi connectivity index (χ4n) is 2.15. The summed E-state index contributed by atoms with van der Waals surface area (Å²) in [6.07, 6.45) is 3.30. The van der Waals surface area contributed by atoms with Gasteiger partial charge in [-0.15, -0.1) is 0 Å². The summed E-state index contributed by atoms with van der Waals surface area (Å²) in [6, 6.07) is 6.20. The maximum Gasteiger partial charge on any atom is 0.122 e. The highest BCUT2D eigenvalue weighted by Gasteiger charge is 2.17. The number of rotatable bonds is 5. The van der Waals surface area contributed by atoms with E-state index < -0.39 is 0 Å². The van der Waals surface area contributed by atoms with Crippen LogP contribution in [0.4, 0.5) is 0 Å². The molecule has 4 heteroatoms. The van der Waals surface area contributed by atoms with Gasteiger partial charge >= 0.3 is 0 Å². The van der Waals surface area contributed by atoms with Crippen molar-refractivity contribution in [1.29, 1.82) is 0 Å². The maximum atomic E-state index is 5.88. The molecule has 0 radical (unpaired) electrons. The quantitative estimate of drug-likeness (QED) is 0.909. The van der Waals surface area contributed by atoms with E-state index in [2.05, 4.69) is 22.0 Å². The van der Waals surface area contributed by atoms with Crippen molar-refractivity contribution in [2.45, 2.75) is 38.3 Å². The third-order valence-corrected chi connectivity index (χ3v) is 3.51. The van der Waals surface area contributed by atoms with Gasteiger partial charge in [0.05, 0.1) is 6.10 Å². The Hall–Kier alpha value is -0.580. The van der Waals surface area contributed by atoms with Gasteiger partial charge in [-0.05, 0) is 49.9 Å². The Kier molecular flexibility index (Phi) is 5.03. The fraction of sp³-hybridized carbons (Fsp3) is 0.571. The molecule has 1 fully saturated rings. The van der Waals surface area contributed by atoms with Crippen molar-refractivity contribution in [2.24, 2.45) is 5.73 Å². The van der Waals surface area contributed by atoms with Crippen molar-refractivity contribution in [2.75, 3.05) is 13.2 Å². The van der Waals surface area contributed by atoms with E-state index in [0.717, 1.165) is 41.7 Å². The number of hydrogen-bond donors (Lipinski definition) is 1. The Bertz CT molecular complexity index is 389. The molecule has 18 heavy (non-hydrogen) atoms. The summed E-state index contributed by atoms with van der Waals surface area (Å²) in [4.78, 5) is 0. The standard InChI is InChI=1S/C14H20BrNO2/c1-10(16)7-11-8-12(15)4-5-14(11)18-9-13-3-2-6-17-13/h4-5,8,10,13H,2-3,6-7,9,16H2,1H3. The van der Waals surface area contributed by atoms with Crippen LogP contribution in [0.2, 0.25) is 0 Å². The summed E-state index contributed by atoms with van der Waals surface area (Å²) in [7, 11) is 0. The Morgan fingerprint density at radius 3 is 3.06 bits per heavy atom. The fourth-order valence-corrected chi connectivity index (χ4v) is 2.56. The van der Waals surface area contributed by atoms with Gasteiger partial charge in [0.15, 0.2) is 0 Å². The molecule has 3 nitrogen and oxygen atoms in total. The largest absolute Gasteiger partial charge is 0.491 e. The molecule has 2 atom stereocenters. The predicted molar refractivity (Wildman–Crippen MR) is 76.0 cm³/mol. The summed E-state index contributed by atoms with van der Waals surface area (Å²) in [5, 5.41) is 0. The zero-order chi connectivity index (χ0) is 13.0. The van der Waals surface area contributed by atoms with Crippen LogP contribution in [0.25, 0.3) is 0 Å². The lowest BCUT2D eigenvalue weighted by atomic mass is 10.1. The van der Waals surface area contributed by atoms with Gasteiger partial charge in [0, 0.05) is 17.1 Å². The van der Waals surface area contributed by atoms with Gasteiger partial charge in [-0.2, -0.15) is 0 Å². The van der Waals surface area contributed by atoms with Gasteiger partial charge in [0.1, 0.15) is 12.4 Å². The van der Waals surface area contributed by atoms with Crippen LogP contribution in [0, 0.1) is 0 Å². The smallest absolute Gasteiger partial charge is 0.122 e. The molecule has 1 heterocycles. The van der Waals surface area contributed by atoms with E-state index in [0.29, 0.717) is 6.61 Å². The summed E-state index contributed by atoms with van der Waals surface area (Å²) in [6.45, 7) is 3.50. The van der Waals surface area contributed by atoms with Crippen molar-refractivity contribution < 1.29 is 9.47 Å². The second-order valence-electron chi connectivity index (χ2n) is 4.88. The molecule has 0 saturated carbocycles. The Balaban J connectivity index is 2.00. The first-order chi connectivity index (χ1) is 8.65. The summed E-state index contributed by atoms with van der Waals surface area (Å²) in [5.74, 6) is 0.922. The summed E-state index contributed by atoms with van der Waals surface area (Å²) in [5.41, 5.74) is 7.02. The topological polar surface area (TPSA) is 44.5 Å². The molecule has 0 amide bonds. The third kappa shape index (κ3) is 3.97. The highest BCUT2D eigenvalue weighted by molar-refractivity contribution is 9.10. The summed E-state index contributed by atoms with van der Waals surface area (Å²) < 4.78 is 12.5. The van der Waals surface area contributed by atoms with Crippen LogP contribution in [0.5, 0.6) is 5.75 Å². The van der Waals surface area contributed by atoms with Crippen LogP contribution in [0.3, 0.4) is 0 Å². The molecule has 100 valence electrons. The number of benzene rings is 1. The maximum absolute atomic E-state index is 5.88. The molecule has 1 aliphatic rings. The average Bonchev–Trinajstić information content (AvgIpc) is 2.80. The van der Waals surface area contributed by atoms with E-state index in [1.807, 2.05) is 19.1 Å². The molecular weight excluding hydrogens is 294 g/mol. The number of halogens is 1. The van der Waals surface area contributed by atoms with Crippen LogP contribution >= 0.6 is 15.9 Å². The number of nitrogens with two attached hydrogens (primary N) is 1. The van der Waals surface area contributed by atoms with Gasteiger partial charge in [0.25, 0.3) is 0 Å². The van der Waals surface area contributed by atoms with Crippen LogP contribution in [0.15, 0.2) is 22.7 Å². The lowest BCUT2D eigenvalue weighted by Crippen LogP contribution is -2.20. The van der Waals surface area contributed by atoms with E-state index in [1.54, 1.807) is 0 Å². The van der Waals surface area contributed by atoms with Gasteiger partial charge in [0.2, 0.25) is 0 Å². The lowest BCUT2D eigenvalue weighted by Gasteiger charge is -2.16.